The predicted molar refractivity (Wildman–Crippen MR) is 120 cm³/mol. The van der Waals surface area contributed by atoms with Gasteiger partial charge in [-0.25, -0.2) is 0 Å². The predicted octanol–water partition coefficient (Wildman–Crippen LogP) is 5.34. The molecule has 0 saturated carbocycles. The lowest BCUT2D eigenvalue weighted by Gasteiger charge is -2.30. The summed E-state index contributed by atoms with van der Waals surface area (Å²) in [6, 6.07) is 9.47. The van der Waals surface area contributed by atoms with E-state index in [1.165, 1.54) is 11.9 Å². The van der Waals surface area contributed by atoms with Crippen LogP contribution in [0.2, 0.25) is 15.1 Å². The van der Waals surface area contributed by atoms with Gasteiger partial charge in [-0.05, 0) is 36.8 Å². The van der Waals surface area contributed by atoms with E-state index in [2.05, 4.69) is 21.2 Å². The average molecular weight is 523 g/mol. The lowest BCUT2D eigenvalue weighted by molar-refractivity contribution is -0.142. The lowest BCUT2D eigenvalue weighted by atomic mass is 10.1. The Labute approximate surface area is 193 Å². The number of hydrogen-bond donors (Lipinski definition) is 1. The third-order valence-corrected chi connectivity index (χ3v) is 5.76. The zero-order valence-corrected chi connectivity index (χ0v) is 19.7. The highest BCUT2D eigenvalue weighted by Crippen LogP contribution is 2.29. The number of halogens is 4. The first-order chi connectivity index (χ1) is 13.8. The van der Waals surface area contributed by atoms with Gasteiger partial charge in [0.15, 0.2) is 6.61 Å². The molecule has 0 fully saturated rings. The number of carbonyl (C=O) groups is 2. The van der Waals surface area contributed by atoms with Crippen LogP contribution in [0.15, 0.2) is 40.9 Å². The molecule has 0 radical (unpaired) electrons. The van der Waals surface area contributed by atoms with Crippen LogP contribution in [0.5, 0.6) is 5.75 Å². The molecule has 0 heterocycles. The molecule has 0 unspecified atom stereocenters. The maximum Gasteiger partial charge on any atom is 0.261 e. The molecule has 0 bridgehead atoms. The maximum absolute atomic E-state index is 13.0. The molecule has 2 amide bonds. The molecule has 2 aromatic carbocycles. The lowest BCUT2D eigenvalue weighted by Crippen LogP contribution is -2.49. The van der Waals surface area contributed by atoms with Gasteiger partial charge in [0.1, 0.15) is 11.8 Å². The summed E-state index contributed by atoms with van der Waals surface area (Å²) < 4.78 is 6.39. The van der Waals surface area contributed by atoms with Crippen LogP contribution in [-0.4, -0.2) is 36.4 Å². The van der Waals surface area contributed by atoms with Gasteiger partial charge in [0.25, 0.3) is 5.91 Å². The van der Waals surface area contributed by atoms with Crippen molar-refractivity contribution in [1.29, 1.82) is 0 Å². The third kappa shape index (κ3) is 6.25. The van der Waals surface area contributed by atoms with E-state index in [9.17, 15) is 9.59 Å². The number of carbonyl (C=O) groups excluding carboxylic acids is 2. The summed E-state index contributed by atoms with van der Waals surface area (Å²) in [5, 5.41) is 3.79. The molecule has 2 aromatic rings. The molecule has 0 aliphatic carbocycles. The number of likely N-dealkylation sites (N-methyl/N-ethyl adjacent to an activating group) is 1. The highest BCUT2D eigenvalue weighted by molar-refractivity contribution is 9.10. The number of amides is 2. The molecule has 2 rings (SSSR count). The molecule has 9 heteroatoms. The molecule has 0 spiro atoms. The minimum atomic E-state index is -0.705. The second-order valence-electron chi connectivity index (χ2n) is 6.12. The number of rotatable bonds is 8. The smallest absolute Gasteiger partial charge is 0.261 e. The van der Waals surface area contributed by atoms with Crippen LogP contribution in [0.25, 0.3) is 0 Å². The Hall–Kier alpha value is -1.47. The van der Waals surface area contributed by atoms with Gasteiger partial charge in [-0.3, -0.25) is 9.59 Å². The molecule has 0 aliphatic heterocycles. The van der Waals surface area contributed by atoms with Crippen molar-refractivity contribution < 1.29 is 14.3 Å². The van der Waals surface area contributed by atoms with Gasteiger partial charge < -0.3 is 15.0 Å². The molecule has 1 atom stereocenters. The molecule has 29 heavy (non-hydrogen) atoms. The number of nitrogens with one attached hydrogen (secondary N) is 1. The highest BCUT2D eigenvalue weighted by atomic mass is 79.9. The Balaban J connectivity index is 2.28. The fraction of sp³-hybridized carbons (Fsp3) is 0.300. The number of nitrogens with zero attached hydrogens (tertiary/aromatic N) is 1. The second-order valence-corrected chi connectivity index (χ2v) is 8.26. The van der Waals surface area contributed by atoms with Crippen LogP contribution in [0.4, 0.5) is 0 Å². The van der Waals surface area contributed by atoms with Crippen LogP contribution in [0.3, 0.4) is 0 Å². The molecule has 156 valence electrons. The van der Waals surface area contributed by atoms with E-state index in [-0.39, 0.29) is 19.1 Å². The third-order valence-electron chi connectivity index (χ3n) is 4.27. The first kappa shape index (κ1) is 23.8. The van der Waals surface area contributed by atoms with Crippen LogP contribution in [0.1, 0.15) is 18.9 Å². The minimum absolute atomic E-state index is 0.0701. The van der Waals surface area contributed by atoms with Crippen molar-refractivity contribution in [2.45, 2.75) is 25.9 Å². The van der Waals surface area contributed by atoms with Crippen molar-refractivity contribution in [1.82, 2.24) is 10.2 Å². The summed E-state index contributed by atoms with van der Waals surface area (Å²) in [7, 11) is 1.52. The Kier molecular flexibility index (Phi) is 9.08. The summed E-state index contributed by atoms with van der Waals surface area (Å²) >= 11 is 22.0. The number of hydrogen-bond acceptors (Lipinski definition) is 3. The van der Waals surface area contributed by atoms with E-state index < -0.39 is 11.9 Å². The molecule has 0 aliphatic rings. The zero-order valence-electron chi connectivity index (χ0n) is 15.8. The minimum Gasteiger partial charge on any atom is -0.482 e. The van der Waals surface area contributed by atoms with Gasteiger partial charge in [-0.1, -0.05) is 63.7 Å². The summed E-state index contributed by atoms with van der Waals surface area (Å²) in [6.45, 7) is 1.60. The van der Waals surface area contributed by atoms with Crippen LogP contribution >= 0.6 is 50.7 Å². The van der Waals surface area contributed by atoms with Gasteiger partial charge >= 0.3 is 0 Å². The van der Waals surface area contributed by atoms with Gasteiger partial charge in [-0.2, -0.15) is 0 Å². The monoisotopic (exact) mass is 520 g/mol. The van der Waals surface area contributed by atoms with Crippen molar-refractivity contribution in [3.8, 4) is 5.75 Å². The zero-order chi connectivity index (χ0) is 21.6. The Morgan fingerprint density at radius 3 is 2.34 bits per heavy atom. The quantitative estimate of drug-likeness (QED) is 0.509. The fourth-order valence-corrected chi connectivity index (χ4v) is 4.00. The van der Waals surface area contributed by atoms with E-state index in [1.54, 1.807) is 36.4 Å². The van der Waals surface area contributed by atoms with Gasteiger partial charge in [0, 0.05) is 33.7 Å². The Morgan fingerprint density at radius 2 is 1.79 bits per heavy atom. The van der Waals surface area contributed by atoms with E-state index in [0.29, 0.717) is 32.8 Å². The first-order valence-corrected chi connectivity index (χ1v) is 10.7. The summed E-state index contributed by atoms with van der Waals surface area (Å²) in [5.74, 6) is -0.312. The van der Waals surface area contributed by atoms with E-state index in [0.717, 1.165) is 4.47 Å². The standard InChI is InChI=1S/C20H20BrCl3N2O3/c1-3-17(20(28)25-2)26(10-13-14(22)5-4-6-15(13)23)19(27)11-29-18-8-7-12(21)9-16(18)24/h4-9,17H,3,10-11H2,1-2H3,(H,25,28)/t17-/m1/s1. The van der Waals surface area contributed by atoms with Crippen molar-refractivity contribution in [2.75, 3.05) is 13.7 Å². The normalized spacial score (nSPS) is 11.7. The van der Waals surface area contributed by atoms with Gasteiger partial charge in [0.2, 0.25) is 5.91 Å². The van der Waals surface area contributed by atoms with Crippen molar-refractivity contribution in [3.05, 3.63) is 61.5 Å². The molecule has 5 nitrogen and oxygen atoms in total. The van der Waals surface area contributed by atoms with Crippen molar-refractivity contribution in [2.24, 2.45) is 0 Å². The molecular weight excluding hydrogens is 502 g/mol. The largest absolute Gasteiger partial charge is 0.482 e. The summed E-state index contributed by atoms with van der Waals surface area (Å²) in [5.41, 5.74) is 0.563. The average Bonchev–Trinajstić information content (AvgIpc) is 2.68. The Morgan fingerprint density at radius 1 is 1.14 bits per heavy atom. The van der Waals surface area contributed by atoms with Crippen LogP contribution < -0.4 is 10.1 Å². The molecule has 1 N–H and O–H groups in total. The number of ether oxygens (including phenoxy) is 1. The Bertz CT molecular complexity index is 875. The van der Waals surface area contributed by atoms with Crippen LogP contribution in [0, 0.1) is 0 Å². The molecule has 0 aromatic heterocycles. The summed E-state index contributed by atoms with van der Waals surface area (Å²) in [6.07, 6.45) is 0.409. The molecular formula is C20H20BrCl3N2O3. The van der Waals surface area contributed by atoms with E-state index in [1.807, 2.05) is 6.92 Å². The maximum atomic E-state index is 13.0. The van der Waals surface area contributed by atoms with E-state index in [4.69, 9.17) is 39.5 Å². The van der Waals surface area contributed by atoms with Crippen molar-refractivity contribution >= 4 is 62.5 Å². The SMILES string of the molecule is CC[C@H](C(=O)NC)N(Cc1c(Cl)cccc1Cl)C(=O)COc1ccc(Br)cc1Cl. The second kappa shape index (κ2) is 11.1. The summed E-state index contributed by atoms with van der Waals surface area (Å²) in [4.78, 5) is 26.8. The van der Waals surface area contributed by atoms with Gasteiger partial charge in [-0.15, -0.1) is 0 Å². The highest BCUT2D eigenvalue weighted by Gasteiger charge is 2.29. The van der Waals surface area contributed by atoms with Gasteiger partial charge in [0.05, 0.1) is 5.02 Å². The number of benzene rings is 2. The fourth-order valence-electron chi connectivity index (χ4n) is 2.75. The van der Waals surface area contributed by atoms with E-state index >= 15 is 0 Å². The van der Waals surface area contributed by atoms with Crippen LogP contribution in [-0.2, 0) is 16.1 Å². The first-order valence-electron chi connectivity index (χ1n) is 8.80. The topological polar surface area (TPSA) is 58.6 Å². The molecule has 0 saturated heterocycles. The van der Waals surface area contributed by atoms with Crippen molar-refractivity contribution in [3.63, 3.8) is 0 Å².